The van der Waals surface area contributed by atoms with Crippen molar-refractivity contribution in [3.63, 3.8) is 0 Å². The number of benzene rings is 1. The summed E-state index contributed by atoms with van der Waals surface area (Å²) in [7, 11) is 0. The minimum Gasteiger partial charge on any atom is -0.505 e. The van der Waals surface area contributed by atoms with Crippen LogP contribution in [-0.2, 0) is 0 Å². The molecule has 0 aliphatic carbocycles. The van der Waals surface area contributed by atoms with E-state index in [0.29, 0.717) is 0 Å². The largest absolute Gasteiger partial charge is 0.505 e. The van der Waals surface area contributed by atoms with E-state index in [4.69, 9.17) is 28.8 Å². The van der Waals surface area contributed by atoms with E-state index >= 15 is 0 Å². The molecule has 0 fully saturated rings. The predicted octanol–water partition coefficient (Wildman–Crippen LogP) is 0.173. The van der Waals surface area contributed by atoms with Crippen molar-refractivity contribution in [2.45, 2.75) is 0 Å². The molecule has 96 valence electrons. The summed E-state index contributed by atoms with van der Waals surface area (Å²) in [5.74, 6) is -1.11. The molecule has 1 rings (SSSR count). The van der Waals surface area contributed by atoms with Gasteiger partial charge in [-0.25, -0.2) is 4.99 Å². The zero-order valence-electron chi connectivity index (χ0n) is 8.87. The van der Waals surface area contributed by atoms with Gasteiger partial charge in [0.05, 0.1) is 11.0 Å². The van der Waals surface area contributed by atoms with Crippen LogP contribution in [-0.4, -0.2) is 21.9 Å². The lowest BCUT2D eigenvalue weighted by Crippen LogP contribution is -2.26. The fourth-order valence-electron chi connectivity index (χ4n) is 1.05. The number of halogens is 1. The number of hydrogen-bond donors (Lipinski definition) is 4. The number of hydrogen-bond acceptors (Lipinski definition) is 4. The van der Waals surface area contributed by atoms with Crippen molar-refractivity contribution in [2.24, 2.45) is 27.2 Å². The zero-order valence-corrected chi connectivity index (χ0v) is 9.63. The highest BCUT2D eigenvalue weighted by molar-refractivity contribution is 6.33. The van der Waals surface area contributed by atoms with Crippen molar-refractivity contribution < 1.29 is 10.0 Å². The van der Waals surface area contributed by atoms with Crippen LogP contribution in [0.3, 0.4) is 0 Å². The van der Waals surface area contributed by atoms with Gasteiger partial charge in [-0.2, -0.15) is 4.99 Å². The standard InChI is InChI=1S/C8H9ClN6O3/c9-3-1-4(13-8(12)14-7(10)11)6(16)2-5(3)15(17)18/h1-2,16H,(H6,10,11,12,13,14). The quantitative estimate of drug-likeness (QED) is 0.259. The molecule has 1 aromatic rings. The summed E-state index contributed by atoms with van der Waals surface area (Å²) in [6.45, 7) is 0. The smallest absolute Gasteiger partial charge is 0.291 e. The van der Waals surface area contributed by atoms with Gasteiger partial charge in [0.2, 0.25) is 5.96 Å². The van der Waals surface area contributed by atoms with Crippen LogP contribution in [0.5, 0.6) is 5.75 Å². The van der Waals surface area contributed by atoms with Crippen molar-refractivity contribution in [3.05, 3.63) is 27.3 Å². The van der Waals surface area contributed by atoms with Gasteiger partial charge in [-0.05, 0) is 6.07 Å². The average molecular weight is 273 g/mol. The average Bonchev–Trinajstić information content (AvgIpc) is 2.21. The molecule has 7 N–H and O–H groups in total. The fraction of sp³-hybridized carbons (Fsp3) is 0. The molecular weight excluding hydrogens is 264 g/mol. The van der Waals surface area contributed by atoms with E-state index in [9.17, 15) is 15.2 Å². The van der Waals surface area contributed by atoms with Crippen molar-refractivity contribution in [1.29, 1.82) is 0 Å². The van der Waals surface area contributed by atoms with Gasteiger partial charge < -0.3 is 22.3 Å². The van der Waals surface area contributed by atoms with E-state index in [-0.39, 0.29) is 22.6 Å². The third-order valence-corrected chi connectivity index (χ3v) is 2.02. The van der Waals surface area contributed by atoms with Gasteiger partial charge in [0, 0.05) is 0 Å². The second kappa shape index (κ2) is 5.19. The van der Waals surface area contributed by atoms with Crippen LogP contribution in [0, 0.1) is 10.1 Å². The van der Waals surface area contributed by atoms with Gasteiger partial charge >= 0.3 is 0 Å². The molecule has 0 aromatic heterocycles. The molecule has 0 aliphatic heterocycles. The topological polar surface area (TPSA) is 166 Å². The zero-order chi connectivity index (χ0) is 13.9. The number of nitro groups is 1. The summed E-state index contributed by atoms with van der Waals surface area (Å²) >= 11 is 5.64. The highest BCUT2D eigenvalue weighted by Gasteiger charge is 2.16. The summed E-state index contributed by atoms with van der Waals surface area (Å²) < 4.78 is 0. The third kappa shape index (κ3) is 3.22. The molecule has 0 aliphatic rings. The SMILES string of the molecule is NC(N)=NC(N)=Nc1cc(Cl)c([N+](=O)[O-])cc1O. The van der Waals surface area contributed by atoms with Gasteiger partial charge in [0.1, 0.15) is 16.5 Å². The Kier molecular flexibility index (Phi) is 3.89. The number of nitrogens with zero attached hydrogens (tertiary/aromatic N) is 3. The molecule has 1 aromatic carbocycles. The number of phenols is 1. The molecule has 0 heterocycles. The van der Waals surface area contributed by atoms with E-state index in [2.05, 4.69) is 9.98 Å². The molecule has 0 amide bonds. The Bertz CT molecular complexity index is 552. The van der Waals surface area contributed by atoms with Crippen LogP contribution >= 0.6 is 11.6 Å². The molecule has 9 nitrogen and oxygen atoms in total. The first-order valence-electron chi connectivity index (χ1n) is 4.42. The summed E-state index contributed by atoms with van der Waals surface area (Å²) in [4.78, 5) is 16.9. The minimum atomic E-state index is -0.741. The first-order valence-corrected chi connectivity index (χ1v) is 4.79. The maximum atomic E-state index is 10.5. The minimum absolute atomic E-state index is 0.0897. The lowest BCUT2D eigenvalue weighted by atomic mass is 10.2. The van der Waals surface area contributed by atoms with Crippen LogP contribution in [0.15, 0.2) is 22.1 Å². The van der Waals surface area contributed by atoms with Crippen LogP contribution in [0.2, 0.25) is 5.02 Å². The molecule has 0 atom stereocenters. The Morgan fingerprint density at radius 3 is 2.50 bits per heavy atom. The van der Waals surface area contributed by atoms with E-state index in [1.54, 1.807) is 0 Å². The van der Waals surface area contributed by atoms with Crippen molar-refractivity contribution in [3.8, 4) is 5.75 Å². The van der Waals surface area contributed by atoms with Gasteiger partial charge in [0.25, 0.3) is 5.69 Å². The van der Waals surface area contributed by atoms with Crippen molar-refractivity contribution >= 4 is 34.9 Å². The summed E-state index contributed by atoms with van der Waals surface area (Å²) in [5, 5.41) is 19.9. The maximum Gasteiger partial charge on any atom is 0.291 e. The molecule has 0 saturated carbocycles. The molecule has 0 spiro atoms. The van der Waals surface area contributed by atoms with Crippen LogP contribution in [0.25, 0.3) is 0 Å². The predicted molar refractivity (Wildman–Crippen MR) is 66.9 cm³/mol. The van der Waals surface area contributed by atoms with E-state index in [1.165, 1.54) is 0 Å². The van der Waals surface area contributed by atoms with Gasteiger partial charge in [-0.15, -0.1) is 0 Å². The lowest BCUT2D eigenvalue weighted by Gasteiger charge is -2.01. The summed E-state index contributed by atoms with van der Waals surface area (Å²) in [6, 6.07) is 1.92. The van der Waals surface area contributed by atoms with Crippen molar-refractivity contribution in [1.82, 2.24) is 0 Å². The monoisotopic (exact) mass is 272 g/mol. The van der Waals surface area contributed by atoms with Gasteiger partial charge in [-0.1, -0.05) is 11.6 Å². The highest BCUT2D eigenvalue weighted by Crippen LogP contribution is 2.36. The van der Waals surface area contributed by atoms with E-state index in [1.807, 2.05) is 0 Å². The summed E-state index contributed by atoms with van der Waals surface area (Å²) in [5.41, 5.74) is 14.9. The first-order chi connectivity index (χ1) is 8.31. The Hall–Kier alpha value is -2.55. The Balaban J connectivity index is 3.25. The highest BCUT2D eigenvalue weighted by atomic mass is 35.5. The first kappa shape index (κ1) is 13.5. The van der Waals surface area contributed by atoms with Crippen LogP contribution in [0.1, 0.15) is 0 Å². The Labute approximate surface area is 106 Å². The second-order valence-corrected chi connectivity index (χ2v) is 3.46. The molecule has 0 unspecified atom stereocenters. The number of guanidine groups is 2. The van der Waals surface area contributed by atoms with Gasteiger partial charge in [0.15, 0.2) is 5.96 Å². The number of rotatable bonds is 2. The van der Waals surface area contributed by atoms with E-state index in [0.717, 1.165) is 12.1 Å². The number of nitrogens with two attached hydrogens (primary N) is 3. The van der Waals surface area contributed by atoms with Gasteiger partial charge in [-0.3, -0.25) is 10.1 Å². The van der Waals surface area contributed by atoms with Crippen LogP contribution in [0.4, 0.5) is 11.4 Å². The fourth-order valence-corrected chi connectivity index (χ4v) is 1.28. The molecule has 18 heavy (non-hydrogen) atoms. The molecule has 0 bridgehead atoms. The molecular formula is C8H9ClN6O3. The normalized spacial score (nSPS) is 11.1. The number of aliphatic imine (C=N–C) groups is 2. The Morgan fingerprint density at radius 2 is 2.00 bits per heavy atom. The number of phenolic OH excluding ortho intramolecular Hbond substituents is 1. The second-order valence-electron chi connectivity index (χ2n) is 3.06. The number of aromatic hydroxyl groups is 1. The summed E-state index contributed by atoms with van der Waals surface area (Å²) in [6.07, 6.45) is 0. The lowest BCUT2D eigenvalue weighted by molar-refractivity contribution is -0.384. The van der Waals surface area contributed by atoms with E-state index < -0.39 is 16.4 Å². The molecule has 10 heteroatoms. The van der Waals surface area contributed by atoms with Crippen LogP contribution < -0.4 is 17.2 Å². The molecule has 0 saturated heterocycles. The number of nitro benzene ring substituents is 1. The van der Waals surface area contributed by atoms with Crippen molar-refractivity contribution in [2.75, 3.05) is 0 Å². The Morgan fingerprint density at radius 1 is 1.39 bits per heavy atom. The molecule has 0 radical (unpaired) electrons. The maximum absolute atomic E-state index is 10.5. The third-order valence-electron chi connectivity index (χ3n) is 1.72.